The van der Waals surface area contributed by atoms with Crippen LogP contribution in [0.2, 0.25) is 0 Å². The number of aryl methyl sites for hydroxylation is 1. The molecule has 0 atom stereocenters. The minimum Gasteiger partial charge on any atom is -0.379 e. The van der Waals surface area contributed by atoms with Crippen molar-refractivity contribution >= 4 is 50.6 Å². The predicted octanol–water partition coefficient (Wildman–Crippen LogP) is 1.33. The quantitative estimate of drug-likeness (QED) is 0.360. The molecule has 4 N–H and O–H groups in total. The molecule has 0 unspecified atom stereocenters. The van der Waals surface area contributed by atoms with Crippen LogP contribution in [0.1, 0.15) is 48.0 Å². The third kappa shape index (κ3) is 6.58. The SMILES string of the molecule is Cc1ccc(S(=O)(=O)N2CCOCC2)cc1C(=O)NC(=S)NNC(=S)NC1CCCCC1. The molecular formula is C20H29N5O4S3. The van der Waals surface area contributed by atoms with Gasteiger partial charge in [0.15, 0.2) is 10.2 Å². The minimum absolute atomic E-state index is 0.0311. The Morgan fingerprint density at radius 1 is 1.06 bits per heavy atom. The van der Waals surface area contributed by atoms with Gasteiger partial charge in [0.2, 0.25) is 10.0 Å². The van der Waals surface area contributed by atoms with Gasteiger partial charge in [-0.05, 0) is 61.9 Å². The van der Waals surface area contributed by atoms with E-state index in [1.54, 1.807) is 13.0 Å². The smallest absolute Gasteiger partial charge is 0.257 e. The molecule has 9 nitrogen and oxygen atoms in total. The van der Waals surface area contributed by atoms with Gasteiger partial charge in [0.25, 0.3) is 5.91 Å². The Hall–Kier alpha value is -1.86. The summed E-state index contributed by atoms with van der Waals surface area (Å²) < 4.78 is 32.4. The molecule has 0 radical (unpaired) electrons. The van der Waals surface area contributed by atoms with E-state index in [0.717, 1.165) is 12.8 Å². The largest absolute Gasteiger partial charge is 0.379 e. The average Bonchev–Trinajstić information content (AvgIpc) is 2.79. The number of carbonyl (C=O) groups excluding carboxylic acids is 1. The monoisotopic (exact) mass is 499 g/mol. The van der Waals surface area contributed by atoms with E-state index < -0.39 is 15.9 Å². The Kier molecular flexibility index (Phi) is 8.77. The number of carbonyl (C=O) groups is 1. The second-order valence-electron chi connectivity index (χ2n) is 7.83. The Morgan fingerprint density at radius 2 is 1.72 bits per heavy atom. The molecule has 176 valence electrons. The van der Waals surface area contributed by atoms with E-state index >= 15 is 0 Å². The van der Waals surface area contributed by atoms with Crippen molar-refractivity contribution in [1.29, 1.82) is 0 Å². The molecule has 3 rings (SSSR count). The van der Waals surface area contributed by atoms with Crippen LogP contribution in [0.25, 0.3) is 0 Å². The van der Waals surface area contributed by atoms with E-state index in [9.17, 15) is 13.2 Å². The molecule has 0 bridgehead atoms. The number of ether oxygens (including phenoxy) is 1. The van der Waals surface area contributed by atoms with Crippen molar-refractivity contribution in [2.75, 3.05) is 26.3 Å². The first-order valence-electron chi connectivity index (χ1n) is 10.6. The number of nitrogens with zero attached hydrogens (tertiary/aromatic N) is 1. The highest BCUT2D eigenvalue weighted by Gasteiger charge is 2.27. The summed E-state index contributed by atoms with van der Waals surface area (Å²) in [7, 11) is -3.71. The van der Waals surface area contributed by atoms with Crippen LogP contribution in [0.4, 0.5) is 0 Å². The summed E-state index contributed by atoms with van der Waals surface area (Å²) in [5, 5.41) is 6.22. The van der Waals surface area contributed by atoms with Crippen LogP contribution in [-0.2, 0) is 14.8 Å². The van der Waals surface area contributed by atoms with E-state index in [0.29, 0.717) is 29.9 Å². The molecule has 2 fully saturated rings. The number of rotatable bonds is 4. The van der Waals surface area contributed by atoms with E-state index in [1.807, 2.05) is 0 Å². The van der Waals surface area contributed by atoms with Crippen LogP contribution >= 0.6 is 24.4 Å². The summed E-state index contributed by atoms with van der Waals surface area (Å²) in [5.74, 6) is -0.507. The van der Waals surface area contributed by atoms with Gasteiger partial charge in [-0.15, -0.1) is 0 Å². The first-order valence-corrected chi connectivity index (χ1v) is 12.9. The maximum absolute atomic E-state index is 12.9. The Labute approximate surface area is 199 Å². The third-order valence-corrected chi connectivity index (χ3v) is 7.84. The lowest BCUT2D eigenvalue weighted by molar-refractivity contribution is 0.0730. The van der Waals surface area contributed by atoms with Gasteiger partial charge in [-0.3, -0.25) is 21.0 Å². The first-order chi connectivity index (χ1) is 15.3. The van der Waals surface area contributed by atoms with Crippen molar-refractivity contribution in [3.8, 4) is 0 Å². The molecule has 2 aliphatic rings. The van der Waals surface area contributed by atoms with E-state index in [4.69, 9.17) is 29.2 Å². The number of amides is 1. The van der Waals surface area contributed by atoms with E-state index in [-0.39, 0.29) is 28.7 Å². The minimum atomic E-state index is -3.71. The van der Waals surface area contributed by atoms with Crippen molar-refractivity contribution in [3.05, 3.63) is 29.3 Å². The molecule has 1 aromatic carbocycles. The number of benzene rings is 1. The molecule has 1 aliphatic carbocycles. The van der Waals surface area contributed by atoms with Crippen molar-refractivity contribution in [2.24, 2.45) is 0 Å². The van der Waals surface area contributed by atoms with E-state index in [1.165, 1.54) is 35.7 Å². The summed E-state index contributed by atoms with van der Waals surface area (Å²) >= 11 is 10.4. The first kappa shape index (κ1) is 24.8. The summed E-state index contributed by atoms with van der Waals surface area (Å²) in [6.07, 6.45) is 5.77. The average molecular weight is 500 g/mol. The molecule has 12 heteroatoms. The normalized spacial score (nSPS) is 17.9. The Balaban J connectivity index is 1.57. The van der Waals surface area contributed by atoms with Crippen LogP contribution in [0.3, 0.4) is 0 Å². The molecule has 0 spiro atoms. The zero-order valence-corrected chi connectivity index (χ0v) is 20.4. The van der Waals surface area contributed by atoms with Crippen molar-refractivity contribution in [1.82, 2.24) is 25.8 Å². The molecule has 32 heavy (non-hydrogen) atoms. The van der Waals surface area contributed by atoms with Crippen molar-refractivity contribution in [2.45, 2.75) is 50.0 Å². The summed E-state index contributed by atoms with van der Waals surface area (Å²) in [6, 6.07) is 4.83. The van der Waals surface area contributed by atoms with Crippen LogP contribution in [0.5, 0.6) is 0 Å². The molecule has 1 saturated heterocycles. The van der Waals surface area contributed by atoms with Gasteiger partial charge in [-0.1, -0.05) is 25.3 Å². The Morgan fingerprint density at radius 3 is 2.41 bits per heavy atom. The molecule has 1 aliphatic heterocycles. The van der Waals surface area contributed by atoms with Crippen LogP contribution < -0.4 is 21.5 Å². The zero-order valence-electron chi connectivity index (χ0n) is 18.0. The summed E-state index contributed by atoms with van der Waals surface area (Å²) in [6.45, 7) is 3.00. The van der Waals surface area contributed by atoms with Gasteiger partial charge in [0.1, 0.15) is 0 Å². The standard InChI is InChI=1S/C20H29N5O4S3/c1-14-7-8-16(32(27,28)25-9-11-29-12-10-25)13-17(14)18(26)22-20(31)24-23-19(30)21-15-5-3-2-4-6-15/h7-8,13,15H,2-6,9-12H2,1H3,(H2,21,23,30)(H2,22,24,26,31). The fraction of sp³-hybridized carbons (Fsp3) is 0.550. The fourth-order valence-corrected chi connectivity index (χ4v) is 5.52. The molecule has 0 aromatic heterocycles. The lowest BCUT2D eigenvalue weighted by Crippen LogP contribution is -2.53. The third-order valence-electron chi connectivity index (χ3n) is 5.52. The second-order valence-corrected chi connectivity index (χ2v) is 10.6. The predicted molar refractivity (Wildman–Crippen MR) is 130 cm³/mol. The molecule has 1 heterocycles. The van der Waals surface area contributed by atoms with Crippen LogP contribution in [0, 0.1) is 6.92 Å². The lowest BCUT2D eigenvalue weighted by Gasteiger charge is -2.26. The van der Waals surface area contributed by atoms with Gasteiger partial charge in [-0.25, -0.2) is 8.42 Å². The molecule has 1 aromatic rings. The summed E-state index contributed by atoms with van der Waals surface area (Å²) in [4.78, 5) is 12.8. The van der Waals surface area contributed by atoms with Gasteiger partial charge in [0, 0.05) is 24.7 Å². The van der Waals surface area contributed by atoms with Gasteiger partial charge < -0.3 is 10.1 Å². The maximum Gasteiger partial charge on any atom is 0.257 e. The van der Waals surface area contributed by atoms with Crippen molar-refractivity contribution in [3.63, 3.8) is 0 Å². The highest BCUT2D eigenvalue weighted by molar-refractivity contribution is 7.89. The number of hydrogen-bond donors (Lipinski definition) is 4. The lowest BCUT2D eigenvalue weighted by atomic mass is 9.96. The Bertz CT molecular complexity index is 958. The number of sulfonamides is 1. The fourth-order valence-electron chi connectivity index (χ4n) is 3.73. The van der Waals surface area contributed by atoms with Crippen LogP contribution in [0.15, 0.2) is 23.1 Å². The maximum atomic E-state index is 12.9. The van der Waals surface area contributed by atoms with Crippen LogP contribution in [-0.4, -0.2) is 61.2 Å². The van der Waals surface area contributed by atoms with Gasteiger partial charge in [0.05, 0.1) is 18.1 Å². The van der Waals surface area contributed by atoms with Crippen molar-refractivity contribution < 1.29 is 17.9 Å². The summed E-state index contributed by atoms with van der Waals surface area (Å²) in [5.41, 5.74) is 6.34. The number of thiocarbonyl (C=S) groups is 2. The number of hydrogen-bond acceptors (Lipinski definition) is 6. The number of morpholine rings is 1. The second kappa shape index (κ2) is 11.3. The van der Waals surface area contributed by atoms with E-state index in [2.05, 4.69) is 21.5 Å². The molecular weight excluding hydrogens is 470 g/mol. The highest BCUT2D eigenvalue weighted by atomic mass is 32.2. The highest BCUT2D eigenvalue weighted by Crippen LogP contribution is 2.21. The zero-order chi connectivity index (χ0) is 23.1. The molecule has 1 saturated carbocycles. The molecule has 1 amide bonds. The van der Waals surface area contributed by atoms with Gasteiger partial charge >= 0.3 is 0 Å². The number of hydrazine groups is 1. The topological polar surface area (TPSA) is 112 Å². The van der Waals surface area contributed by atoms with Gasteiger partial charge in [-0.2, -0.15) is 4.31 Å². The number of nitrogens with one attached hydrogen (secondary N) is 4.